The molecule has 0 fully saturated rings. The second-order valence-electron chi connectivity index (χ2n) is 0.575. The first-order chi connectivity index (χ1) is 2.64. The summed E-state index contributed by atoms with van der Waals surface area (Å²) in [5.41, 5.74) is 0. The average Bonchev–Trinajstić information content (AvgIpc) is 1.36. The number of hydrogen-bond donors (Lipinski definition) is 0. The first kappa shape index (κ1) is 30.3. The molecule has 2 N–H and O–H groups in total. The van der Waals surface area contributed by atoms with Crippen molar-refractivity contribution in [3.8, 4) is 0 Å². The molecule has 0 amide bonds. The fraction of sp³-hybridized carbons (Fsp3) is 0. The van der Waals surface area contributed by atoms with Crippen LogP contribution in [0.3, 0.4) is 0 Å². The molecule has 0 radical (unpaired) electrons. The summed E-state index contributed by atoms with van der Waals surface area (Å²) in [7, 11) is 0. The van der Waals surface area contributed by atoms with Crippen molar-refractivity contribution in [2.45, 2.75) is 0 Å². The molecule has 0 bridgehead atoms. The number of carboxylic acid groups (broad SMARTS) is 2. The molecule has 0 rings (SSSR count). The van der Waals surface area contributed by atoms with Crippen molar-refractivity contribution in [2.75, 3.05) is 0 Å². The molecule has 0 aliphatic heterocycles. The van der Waals surface area contributed by atoms with Crippen molar-refractivity contribution in [1.29, 1.82) is 0 Å². The molecule has 0 saturated heterocycles. The summed E-state index contributed by atoms with van der Waals surface area (Å²) in [6.45, 7) is 0. The maximum atomic E-state index is 8.93. The van der Waals surface area contributed by atoms with Crippen LogP contribution in [0.4, 0.5) is 0 Å². The molecule has 0 aliphatic carbocycles. The Morgan fingerprint density at radius 2 is 1.20 bits per heavy atom. The van der Waals surface area contributed by atoms with Crippen molar-refractivity contribution in [2.24, 2.45) is 0 Å². The van der Waals surface area contributed by atoms with Crippen LogP contribution in [-0.2, 0) is 36.8 Å². The number of aliphatic carboxylic acids is 2. The summed E-state index contributed by atoms with van der Waals surface area (Å²) in [5.74, 6) is -4.37. The molecule has 0 spiro atoms. The summed E-state index contributed by atoms with van der Waals surface area (Å²) in [6, 6.07) is 0. The first-order valence-corrected chi connectivity index (χ1v) is 1.07. The van der Waals surface area contributed by atoms with Gasteiger partial charge < -0.3 is 32.2 Å². The largest absolute Gasteiger partial charge is 4.00 e. The van der Waals surface area contributed by atoms with E-state index in [0.29, 0.717) is 0 Å². The van der Waals surface area contributed by atoms with Gasteiger partial charge in [-0.25, -0.2) is 0 Å². The van der Waals surface area contributed by atoms with Crippen LogP contribution >= 0.6 is 0 Å². The number of rotatable bonds is 0. The van der Waals surface area contributed by atoms with E-state index in [2.05, 4.69) is 0 Å². The second kappa shape index (κ2) is 16.7. The molecule has 0 heterocycles. The Hall–Kier alpha value is 1.21. The van der Waals surface area contributed by atoms with Crippen LogP contribution in [0, 0.1) is 0 Å². The zero-order chi connectivity index (χ0) is 5.15. The SMILES string of the molecule is O.O=C([O-])C(=O)[O-].[H-].[K+].[O-2].[Ti+4]. The number of hydrogen-bond acceptors (Lipinski definition) is 4. The Morgan fingerprint density at radius 3 is 1.20 bits per heavy atom. The normalized spacial score (nSPS) is 4.40. The Kier molecular flexibility index (Phi) is 50.5. The van der Waals surface area contributed by atoms with Crippen LogP contribution in [0.15, 0.2) is 0 Å². The number of carbonyl (C=O) groups is 2. The molecule has 10 heavy (non-hydrogen) atoms. The molecule has 0 saturated carbocycles. The van der Waals surface area contributed by atoms with E-state index in [1.54, 1.807) is 0 Å². The van der Waals surface area contributed by atoms with E-state index in [9.17, 15) is 0 Å². The van der Waals surface area contributed by atoms with Gasteiger partial charge in [-0.1, -0.05) is 0 Å². The van der Waals surface area contributed by atoms with E-state index in [1.807, 2.05) is 0 Å². The van der Waals surface area contributed by atoms with E-state index in [1.165, 1.54) is 0 Å². The van der Waals surface area contributed by atoms with E-state index >= 15 is 0 Å². The minimum absolute atomic E-state index is 0. The summed E-state index contributed by atoms with van der Waals surface area (Å²) < 4.78 is 0. The van der Waals surface area contributed by atoms with Gasteiger partial charge in [-0.2, -0.15) is 0 Å². The van der Waals surface area contributed by atoms with Crippen LogP contribution in [-0.4, -0.2) is 17.4 Å². The topological polar surface area (TPSA) is 140 Å². The fourth-order valence-corrected chi connectivity index (χ4v) is 0. The third-order valence-electron chi connectivity index (χ3n) is 0.167. The molecule has 0 aromatic heterocycles. The van der Waals surface area contributed by atoms with Gasteiger partial charge in [0.1, 0.15) is 0 Å². The molecule has 0 aromatic carbocycles. The summed E-state index contributed by atoms with van der Waals surface area (Å²) in [6.07, 6.45) is 0. The van der Waals surface area contributed by atoms with Crippen LogP contribution in [0.5, 0.6) is 0 Å². The van der Waals surface area contributed by atoms with Gasteiger partial charge in [-0.15, -0.1) is 0 Å². The molecular weight excluding hydrogens is 207 g/mol. The van der Waals surface area contributed by atoms with Crippen LogP contribution < -0.4 is 61.6 Å². The minimum Gasteiger partial charge on any atom is -2.00 e. The van der Waals surface area contributed by atoms with Crippen molar-refractivity contribution in [3.63, 3.8) is 0 Å². The molecule has 6 nitrogen and oxygen atoms in total. The van der Waals surface area contributed by atoms with Gasteiger partial charge in [0, 0.05) is 0 Å². The summed E-state index contributed by atoms with van der Waals surface area (Å²) in [5, 5.41) is 17.9. The first-order valence-electron chi connectivity index (χ1n) is 1.07. The number of carboxylic acids is 2. The number of carbonyl (C=O) groups excluding carboxylic acids is 2. The molecule has 52 valence electrons. The Morgan fingerprint density at radius 1 is 1.10 bits per heavy atom. The van der Waals surface area contributed by atoms with E-state index < -0.39 is 11.9 Å². The average molecular weight is 210 g/mol. The smallest absolute Gasteiger partial charge is 2.00 e. The maximum Gasteiger partial charge on any atom is 4.00 e. The summed E-state index contributed by atoms with van der Waals surface area (Å²) >= 11 is 0. The van der Waals surface area contributed by atoms with Gasteiger partial charge >= 0.3 is 73.1 Å². The van der Waals surface area contributed by atoms with Gasteiger partial charge in [0.15, 0.2) is 0 Å². The molecular formula is C2H3KO6Ti. The van der Waals surface area contributed by atoms with Gasteiger partial charge in [-0.05, 0) is 0 Å². The predicted molar refractivity (Wildman–Crippen MR) is 15.4 cm³/mol. The quantitative estimate of drug-likeness (QED) is 0.289. The third-order valence-corrected chi connectivity index (χ3v) is 0.167. The van der Waals surface area contributed by atoms with Gasteiger partial charge in [0.25, 0.3) is 0 Å². The Bertz CT molecular complexity index is 86.6. The monoisotopic (exact) mass is 210 g/mol. The molecule has 0 unspecified atom stereocenters. The minimum atomic E-state index is -2.19. The van der Waals surface area contributed by atoms with Gasteiger partial charge in [0.2, 0.25) is 0 Å². The predicted octanol–water partition coefficient (Wildman–Crippen LogP) is -7.34. The molecule has 0 aromatic rings. The van der Waals surface area contributed by atoms with Crippen molar-refractivity contribution in [3.05, 3.63) is 0 Å². The van der Waals surface area contributed by atoms with E-state index in [4.69, 9.17) is 19.8 Å². The fourth-order valence-electron chi connectivity index (χ4n) is 0. The van der Waals surface area contributed by atoms with Crippen LogP contribution in [0.1, 0.15) is 1.43 Å². The second-order valence-corrected chi connectivity index (χ2v) is 0.575. The van der Waals surface area contributed by atoms with E-state index in [-0.39, 0.29) is 85.5 Å². The standard InChI is InChI=1S/C2H2O4.K.H2O.O.Ti.H/c3-1(4)2(5)6;;;;;/h(H,3,4)(H,5,6);;1H2;;;/q;+1;;-2;+4;-1/p-2. The molecule has 0 aliphatic rings. The Labute approximate surface area is 115 Å². The van der Waals surface area contributed by atoms with Gasteiger partial charge in [-0.3, -0.25) is 0 Å². The molecule has 8 heteroatoms. The van der Waals surface area contributed by atoms with Crippen molar-refractivity contribution < 1.29 is 105 Å². The van der Waals surface area contributed by atoms with Crippen molar-refractivity contribution >= 4 is 11.9 Å². The Balaban J connectivity index is -0.0000000125. The zero-order valence-electron chi connectivity index (χ0n) is 6.04. The van der Waals surface area contributed by atoms with Gasteiger partial charge in [0.05, 0.1) is 11.9 Å². The summed E-state index contributed by atoms with van der Waals surface area (Å²) in [4.78, 5) is 17.9. The van der Waals surface area contributed by atoms with E-state index in [0.717, 1.165) is 0 Å². The molecule has 0 atom stereocenters. The maximum absolute atomic E-state index is 8.93. The van der Waals surface area contributed by atoms with Crippen LogP contribution in [0.25, 0.3) is 0 Å². The third kappa shape index (κ3) is 22.9. The van der Waals surface area contributed by atoms with Crippen LogP contribution in [0.2, 0.25) is 0 Å². The zero-order valence-corrected chi connectivity index (χ0v) is 9.73. The van der Waals surface area contributed by atoms with Crippen molar-refractivity contribution in [1.82, 2.24) is 0 Å².